The zero-order valence-corrected chi connectivity index (χ0v) is 13.6. The van der Waals surface area contributed by atoms with Gasteiger partial charge in [-0.2, -0.15) is 0 Å². The second-order valence-corrected chi connectivity index (χ2v) is 4.71. The second-order valence-electron chi connectivity index (χ2n) is 4.71. The van der Waals surface area contributed by atoms with E-state index < -0.39 is 0 Å². The number of carbonyl (C=O) groups excluding carboxylic acids is 2. The maximum absolute atomic E-state index is 11.7. The van der Waals surface area contributed by atoms with Crippen molar-refractivity contribution in [2.24, 2.45) is 0 Å². The van der Waals surface area contributed by atoms with Crippen LogP contribution in [0.4, 0.5) is 10.5 Å². The highest BCUT2D eigenvalue weighted by Gasteiger charge is 2.23. The van der Waals surface area contributed by atoms with Crippen molar-refractivity contribution in [2.75, 3.05) is 11.4 Å². The summed E-state index contributed by atoms with van der Waals surface area (Å²) in [6.45, 7) is 6.57. The second kappa shape index (κ2) is 9.62. The van der Waals surface area contributed by atoms with Crippen LogP contribution in [0.1, 0.15) is 52.0 Å². The highest BCUT2D eigenvalue weighted by molar-refractivity contribution is 6.05. The Hall–Kier alpha value is -2.28. The predicted molar refractivity (Wildman–Crippen MR) is 89.7 cm³/mol. The van der Waals surface area contributed by atoms with Gasteiger partial charge in [0.05, 0.1) is 0 Å². The van der Waals surface area contributed by atoms with Gasteiger partial charge in [-0.15, -0.1) is 0 Å². The Bertz CT molecular complexity index is 553. The zero-order chi connectivity index (χ0) is 16.4. The number of urea groups is 1. The van der Waals surface area contributed by atoms with Crippen LogP contribution in [0, 0.1) is 11.8 Å². The Morgan fingerprint density at radius 1 is 1.18 bits per heavy atom. The van der Waals surface area contributed by atoms with E-state index in [0.717, 1.165) is 30.5 Å². The van der Waals surface area contributed by atoms with Crippen molar-refractivity contribution in [3.05, 3.63) is 29.8 Å². The molecule has 22 heavy (non-hydrogen) atoms. The van der Waals surface area contributed by atoms with Crippen LogP contribution in [0.3, 0.4) is 0 Å². The van der Waals surface area contributed by atoms with Crippen LogP contribution in [-0.4, -0.2) is 18.5 Å². The highest BCUT2D eigenvalue weighted by atomic mass is 16.2. The van der Waals surface area contributed by atoms with Gasteiger partial charge in [-0.25, -0.2) is 4.79 Å². The van der Waals surface area contributed by atoms with Crippen LogP contribution in [0.2, 0.25) is 0 Å². The van der Waals surface area contributed by atoms with Gasteiger partial charge >= 0.3 is 6.03 Å². The first-order chi connectivity index (χ1) is 10.7. The van der Waals surface area contributed by atoms with E-state index in [2.05, 4.69) is 24.1 Å². The first-order valence-corrected chi connectivity index (χ1v) is 7.91. The van der Waals surface area contributed by atoms with Crippen molar-refractivity contribution in [3.63, 3.8) is 0 Å². The van der Waals surface area contributed by atoms with Crippen molar-refractivity contribution in [2.45, 2.75) is 46.5 Å². The molecule has 4 heteroatoms. The number of carbonyl (C=O) groups is 2. The molecule has 0 bridgehead atoms. The Morgan fingerprint density at radius 3 is 2.45 bits per heavy atom. The normalized spacial score (nSPS) is 13.5. The Labute approximate surface area is 132 Å². The van der Waals surface area contributed by atoms with Crippen molar-refractivity contribution in [3.8, 4) is 11.8 Å². The fourth-order valence-corrected chi connectivity index (χ4v) is 1.96. The number of unbranched alkanes of at least 4 members (excludes halogenated alkanes) is 2. The largest absolute Gasteiger partial charge is 0.328 e. The van der Waals surface area contributed by atoms with Gasteiger partial charge < -0.3 is 0 Å². The number of hydrogen-bond acceptors (Lipinski definition) is 2. The van der Waals surface area contributed by atoms with Crippen LogP contribution in [0.25, 0.3) is 0 Å². The average Bonchev–Trinajstić information content (AvgIpc) is 2.54. The Balaban J connectivity index is 0.00000116. The number of rotatable bonds is 3. The first-order valence-electron chi connectivity index (χ1n) is 7.91. The smallest absolute Gasteiger partial charge is 0.294 e. The van der Waals surface area contributed by atoms with E-state index in [-0.39, 0.29) is 11.9 Å². The zero-order valence-electron chi connectivity index (χ0n) is 13.6. The van der Waals surface area contributed by atoms with E-state index in [1.807, 2.05) is 38.1 Å². The summed E-state index contributed by atoms with van der Waals surface area (Å²) in [6, 6.07) is 7.16. The topological polar surface area (TPSA) is 49.4 Å². The number of hydrogen-bond donors (Lipinski definition) is 1. The summed E-state index contributed by atoms with van der Waals surface area (Å²) in [5.74, 6) is 6.02. The van der Waals surface area contributed by atoms with E-state index in [1.165, 1.54) is 0 Å². The fraction of sp³-hybridized carbons (Fsp3) is 0.444. The summed E-state index contributed by atoms with van der Waals surface area (Å²) in [6.07, 6.45) is 3.52. The fourth-order valence-electron chi connectivity index (χ4n) is 1.96. The van der Waals surface area contributed by atoms with E-state index in [9.17, 15) is 9.59 Å². The van der Waals surface area contributed by atoms with Gasteiger partial charge in [0.1, 0.15) is 0 Å². The maximum Gasteiger partial charge on any atom is 0.328 e. The summed E-state index contributed by atoms with van der Waals surface area (Å²) < 4.78 is 0. The molecule has 1 N–H and O–H groups in total. The molecule has 3 amide bonds. The molecule has 4 nitrogen and oxygen atoms in total. The van der Waals surface area contributed by atoms with E-state index in [1.54, 1.807) is 4.90 Å². The van der Waals surface area contributed by atoms with Crippen LogP contribution in [0.15, 0.2) is 24.3 Å². The average molecular weight is 300 g/mol. The van der Waals surface area contributed by atoms with Crippen LogP contribution < -0.4 is 10.2 Å². The molecule has 0 radical (unpaired) electrons. The van der Waals surface area contributed by atoms with Gasteiger partial charge in [0.25, 0.3) is 0 Å². The minimum absolute atomic E-state index is 0.218. The highest BCUT2D eigenvalue weighted by Crippen LogP contribution is 2.17. The molecular weight excluding hydrogens is 276 g/mol. The van der Waals surface area contributed by atoms with E-state index in [4.69, 9.17) is 0 Å². The van der Waals surface area contributed by atoms with Gasteiger partial charge in [-0.3, -0.25) is 15.0 Å². The monoisotopic (exact) mass is 300 g/mol. The summed E-state index contributed by atoms with van der Waals surface area (Å²) in [7, 11) is 0. The van der Waals surface area contributed by atoms with Crippen molar-refractivity contribution in [1.29, 1.82) is 0 Å². The third-order valence-electron chi connectivity index (χ3n) is 3.12. The molecule has 0 unspecified atom stereocenters. The molecule has 1 heterocycles. The molecule has 0 spiro atoms. The molecule has 118 valence electrons. The van der Waals surface area contributed by atoms with Gasteiger partial charge in [0, 0.05) is 30.6 Å². The maximum atomic E-state index is 11.7. The number of anilines is 1. The molecule has 1 aliphatic rings. The summed E-state index contributed by atoms with van der Waals surface area (Å²) in [5.41, 5.74) is 1.73. The summed E-state index contributed by atoms with van der Waals surface area (Å²) >= 11 is 0. The SMILES string of the molecule is CC.CCCCC#Cc1ccc(N2CCC(=O)NC2=O)cc1. The molecule has 0 atom stereocenters. The minimum atomic E-state index is -0.358. The van der Waals surface area contributed by atoms with Gasteiger partial charge in [-0.05, 0) is 30.7 Å². The van der Waals surface area contributed by atoms with Crippen LogP contribution in [-0.2, 0) is 4.79 Å². The molecule has 0 aromatic heterocycles. The number of imide groups is 1. The lowest BCUT2D eigenvalue weighted by Crippen LogP contribution is -2.49. The Morgan fingerprint density at radius 2 is 1.86 bits per heavy atom. The molecule has 1 fully saturated rings. The van der Waals surface area contributed by atoms with Crippen molar-refractivity contribution < 1.29 is 9.59 Å². The third-order valence-corrected chi connectivity index (χ3v) is 3.12. The summed E-state index contributed by atoms with van der Waals surface area (Å²) in [5, 5.41) is 2.31. The minimum Gasteiger partial charge on any atom is -0.294 e. The molecule has 1 saturated heterocycles. The lowest BCUT2D eigenvalue weighted by Gasteiger charge is -2.26. The van der Waals surface area contributed by atoms with Crippen molar-refractivity contribution >= 4 is 17.6 Å². The first kappa shape index (κ1) is 17.8. The predicted octanol–water partition coefficient (Wildman–Crippen LogP) is 3.70. The van der Waals surface area contributed by atoms with Crippen molar-refractivity contribution in [1.82, 2.24) is 5.32 Å². The third kappa shape index (κ3) is 5.25. The number of nitrogens with zero attached hydrogens (tertiary/aromatic N) is 1. The number of nitrogens with one attached hydrogen (secondary N) is 1. The standard InChI is InChI=1S/C16H18N2O2.C2H6/c1-2-3-4-5-6-13-7-9-14(10-8-13)18-12-11-15(19)17-16(18)20;1-2/h7-10H,2-4,11-12H2,1H3,(H,17,19,20);1-2H3. The molecule has 1 aromatic carbocycles. The van der Waals surface area contributed by atoms with Crippen LogP contribution in [0.5, 0.6) is 0 Å². The van der Waals surface area contributed by atoms with Gasteiger partial charge in [-0.1, -0.05) is 39.0 Å². The molecular formula is C18H24N2O2. The lowest BCUT2D eigenvalue weighted by molar-refractivity contribution is -0.120. The summed E-state index contributed by atoms with van der Waals surface area (Å²) in [4.78, 5) is 24.4. The van der Waals surface area contributed by atoms with Crippen LogP contribution >= 0.6 is 0 Å². The molecule has 2 rings (SSSR count). The lowest BCUT2D eigenvalue weighted by atomic mass is 10.1. The van der Waals surface area contributed by atoms with Gasteiger partial charge in [0.2, 0.25) is 5.91 Å². The number of benzene rings is 1. The number of amides is 3. The van der Waals surface area contributed by atoms with Gasteiger partial charge in [0.15, 0.2) is 0 Å². The van der Waals surface area contributed by atoms with E-state index in [0.29, 0.717) is 13.0 Å². The molecule has 1 aliphatic heterocycles. The quantitative estimate of drug-likeness (QED) is 0.683. The molecule has 1 aromatic rings. The van der Waals surface area contributed by atoms with E-state index >= 15 is 0 Å². The molecule has 0 saturated carbocycles. The Kier molecular flexibility index (Phi) is 7.77. The molecule has 0 aliphatic carbocycles.